The lowest BCUT2D eigenvalue weighted by Gasteiger charge is -2.25. The van der Waals surface area contributed by atoms with Gasteiger partial charge in [0.25, 0.3) is 0 Å². The van der Waals surface area contributed by atoms with Crippen LogP contribution in [-0.4, -0.2) is 33.6 Å². The number of benzene rings is 1. The van der Waals surface area contributed by atoms with E-state index in [0.717, 1.165) is 37.3 Å². The zero-order chi connectivity index (χ0) is 16.9. The van der Waals surface area contributed by atoms with Crippen molar-refractivity contribution in [3.63, 3.8) is 0 Å². The second-order valence-electron chi connectivity index (χ2n) is 6.23. The van der Waals surface area contributed by atoms with Crippen LogP contribution in [0.4, 0.5) is 9.18 Å². The van der Waals surface area contributed by atoms with Crippen LogP contribution in [0.1, 0.15) is 43.1 Å². The van der Waals surface area contributed by atoms with E-state index in [2.05, 4.69) is 10.3 Å². The second-order valence-corrected chi connectivity index (χ2v) is 6.23. The van der Waals surface area contributed by atoms with Crippen molar-refractivity contribution in [1.82, 2.24) is 19.8 Å². The number of nitrogens with zero attached hydrogens (tertiary/aromatic N) is 3. The number of carbonyl (C=O) groups excluding carboxylic acids is 1. The number of hydrogen-bond acceptors (Lipinski definition) is 2. The molecule has 1 fully saturated rings. The van der Waals surface area contributed by atoms with Crippen molar-refractivity contribution in [2.24, 2.45) is 7.05 Å². The molecule has 1 aromatic carbocycles. The topological polar surface area (TPSA) is 50.2 Å². The van der Waals surface area contributed by atoms with E-state index in [9.17, 15) is 9.18 Å². The largest absolute Gasteiger partial charge is 0.336 e. The molecule has 1 aliphatic rings. The van der Waals surface area contributed by atoms with Gasteiger partial charge in [-0.15, -0.1) is 0 Å². The van der Waals surface area contributed by atoms with Gasteiger partial charge >= 0.3 is 6.03 Å². The van der Waals surface area contributed by atoms with Crippen molar-refractivity contribution in [2.45, 2.75) is 31.7 Å². The molecule has 1 unspecified atom stereocenters. The molecule has 6 heteroatoms. The summed E-state index contributed by atoms with van der Waals surface area (Å²) in [5.74, 6) is 0.431. The van der Waals surface area contributed by atoms with Gasteiger partial charge in [-0.05, 0) is 30.5 Å². The maximum absolute atomic E-state index is 13.3. The van der Waals surface area contributed by atoms with E-state index in [1.165, 1.54) is 25.0 Å². The van der Waals surface area contributed by atoms with Gasteiger partial charge in [-0.25, -0.2) is 14.2 Å². The molecular weight excluding hydrogens is 307 g/mol. The van der Waals surface area contributed by atoms with Crippen molar-refractivity contribution in [3.8, 4) is 0 Å². The Kier molecular flexibility index (Phi) is 5.13. The fourth-order valence-corrected chi connectivity index (χ4v) is 3.10. The Bertz CT molecular complexity index is 675. The molecular formula is C18H23FN4O. The highest BCUT2D eigenvalue weighted by molar-refractivity contribution is 5.75. The average molecular weight is 330 g/mol. The zero-order valence-corrected chi connectivity index (χ0v) is 13.9. The molecule has 1 atom stereocenters. The van der Waals surface area contributed by atoms with Crippen LogP contribution < -0.4 is 5.32 Å². The summed E-state index contributed by atoms with van der Waals surface area (Å²) < 4.78 is 15.1. The van der Waals surface area contributed by atoms with Gasteiger partial charge in [-0.2, -0.15) is 0 Å². The molecule has 5 nitrogen and oxygen atoms in total. The molecule has 1 aromatic heterocycles. The highest BCUT2D eigenvalue weighted by Crippen LogP contribution is 2.21. The summed E-state index contributed by atoms with van der Waals surface area (Å²) in [5, 5.41) is 3.07. The first kappa shape index (κ1) is 16.5. The smallest absolute Gasteiger partial charge is 0.318 e. The van der Waals surface area contributed by atoms with Crippen LogP contribution in [0.15, 0.2) is 36.7 Å². The van der Waals surface area contributed by atoms with Crippen LogP contribution >= 0.6 is 0 Å². The van der Waals surface area contributed by atoms with Gasteiger partial charge in [-0.3, -0.25) is 0 Å². The van der Waals surface area contributed by atoms with E-state index in [1.54, 1.807) is 18.3 Å². The second kappa shape index (κ2) is 7.47. The number of aromatic nitrogens is 2. The van der Waals surface area contributed by atoms with E-state index in [1.807, 2.05) is 22.7 Å². The Hall–Kier alpha value is -2.37. The van der Waals surface area contributed by atoms with Gasteiger partial charge < -0.3 is 14.8 Å². The molecule has 0 aliphatic carbocycles. The maximum atomic E-state index is 13.3. The van der Waals surface area contributed by atoms with E-state index >= 15 is 0 Å². The standard InChI is InChI=1S/C18H23FN4O/c1-22-13-10-20-17(22)16(14-6-8-15(19)9-7-14)21-18(24)23-11-4-2-3-5-12-23/h6-10,13,16H,2-5,11-12H2,1H3,(H,21,24). The predicted molar refractivity (Wildman–Crippen MR) is 90.0 cm³/mol. The van der Waals surface area contributed by atoms with Crippen LogP contribution in [0.2, 0.25) is 0 Å². The monoisotopic (exact) mass is 330 g/mol. The number of nitrogens with one attached hydrogen (secondary N) is 1. The molecule has 2 aromatic rings. The number of likely N-dealkylation sites (tertiary alicyclic amines) is 1. The Morgan fingerprint density at radius 1 is 1.17 bits per heavy atom. The van der Waals surface area contributed by atoms with Crippen molar-refractivity contribution in [3.05, 3.63) is 53.9 Å². The molecule has 0 bridgehead atoms. The van der Waals surface area contributed by atoms with Gasteiger partial charge in [0, 0.05) is 32.5 Å². The molecule has 24 heavy (non-hydrogen) atoms. The summed E-state index contributed by atoms with van der Waals surface area (Å²) in [6.45, 7) is 1.56. The summed E-state index contributed by atoms with van der Waals surface area (Å²) in [5.41, 5.74) is 0.814. The molecule has 0 saturated carbocycles. The van der Waals surface area contributed by atoms with E-state index < -0.39 is 6.04 Å². The number of aryl methyl sites for hydroxylation is 1. The summed E-state index contributed by atoms with van der Waals surface area (Å²) in [7, 11) is 1.89. The number of imidazole rings is 1. The molecule has 0 radical (unpaired) electrons. The van der Waals surface area contributed by atoms with Gasteiger partial charge in [0.1, 0.15) is 17.7 Å². The highest BCUT2D eigenvalue weighted by atomic mass is 19.1. The lowest BCUT2D eigenvalue weighted by molar-refractivity contribution is 0.197. The first-order valence-corrected chi connectivity index (χ1v) is 8.43. The predicted octanol–water partition coefficient (Wildman–Crippen LogP) is 3.23. The Morgan fingerprint density at radius 3 is 2.42 bits per heavy atom. The summed E-state index contributed by atoms with van der Waals surface area (Å²) >= 11 is 0. The quantitative estimate of drug-likeness (QED) is 0.939. The first-order valence-electron chi connectivity index (χ1n) is 8.43. The van der Waals surface area contributed by atoms with Crippen molar-refractivity contribution < 1.29 is 9.18 Å². The Balaban J connectivity index is 1.83. The summed E-state index contributed by atoms with van der Waals surface area (Å²) in [4.78, 5) is 18.9. The third-order valence-corrected chi connectivity index (χ3v) is 4.48. The molecule has 2 heterocycles. The lowest BCUT2D eigenvalue weighted by atomic mass is 10.1. The molecule has 1 N–H and O–H groups in total. The number of amides is 2. The molecule has 1 saturated heterocycles. The number of urea groups is 1. The highest BCUT2D eigenvalue weighted by Gasteiger charge is 2.24. The summed E-state index contributed by atoms with van der Waals surface area (Å²) in [6.07, 6.45) is 7.96. The minimum absolute atomic E-state index is 0.0887. The van der Waals surface area contributed by atoms with Gasteiger partial charge in [-0.1, -0.05) is 25.0 Å². The molecule has 128 valence electrons. The van der Waals surface area contributed by atoms with E-state index in [-0.39, 0.29) is 11.8 Å². The third-order valence-electron chi connectivity index (χ3n) is 4.48. The molecule has 0 spiro atoms. The first-order chi connectivity index (χ1) is 11.6. The van der Waals surface area contributed by atoms with Crippen LogP contribution in [0, 0.1) is 5.82 Å². The Morgan fingerprint density at radius 2 is 1.83 bits per heavy atom. The van der Waals surface area contributed by atoms with Crippen molar-refractivity contribution >= 4 is 6.03 Å². The fourth-order valence-electron chi connectivity index (χ4n) is 3.10. The Labute approximate surface area is 141 Å². The number of rotatable bonds is 3. The van der Waals surface area contributed by atoms with Gasteiger partial charge in [0.2, 0.25) is 0 Å². The van der Waals surface area contributed by atoms with Crippen LogP contribution in [-0.2, 0) is 7.05 Å². The molecule has 1 aliphatic heterocycles. The number of hydrogen-bond donors (Lipinski definition) is 1. The zero-order valence-electron chi connectivity index (χ0n) is 13.9. The van der Waals surface area contributed by atoms with Crippen molar-refractivity contribution in [2.75, 3.05) is 13.1 Å². The van der Waals surface area contributed by atoms with Crippen LogP contribution in [0.3, 0.4) is 0 Å². The van der Waals surface area contributed by atoms with Gasteiger partial charge in [0.05, 0.1) is 0 Å². The number of halogens is 1. The minimum Gasteiger partial charge on any atom is -0.336 e. The maximum Gasteiger partial charge on any atom is 0.318 e. The average Bonchev–Trinajstić information content (AvgIpc) is 2.84. The van der Waals surface area contributed by atoms with Crippen LogP contribution in [0.25, 0.3) is 0 Å². The summed E-state index contributed by atoms with van der Waals surface area (Å²) in [6, 6.07) is 5.71. The van der Waals surface area contributed by atoms with E-state index in [0.29, 0.717) is 0 Å². The molecule has 3 rings (SSSR count). The minimum atomic E-state index is -0.402. The van der Waals surface area contributed by atoms with E-state index in [4.69, 9.17) is 0 Å². The normalized spacial score (nSPS) is 16.5. The van der Waals surface area contributed by atoms with Gasteiger partial charge in [0.15, 0.2) is 0 Å². The van der Waals surface area contributed by atoms with Crippen molar-refractivity contribution in [1.29, 1.82) is 0 Å². The fraction of sp³-hybridized carbons (Fsp3) is 0.444. The number of carbonyl (C=O) groups is 1. The SMILES string of the molecule is Cn1ccnc1C(NC(=O)N1CCCCCC1)c1ccc(F)cc1. The third kappa shape index (κ3) is 3.75. The molecule has 2 amide bonds. The lowest BCUT2D eigenvalue weighted by Crippen LogP contribution is -2.43. The van der Waals surface area contributed by atoms with Crippen LogP contribution in [0.5, 0.6) is 0 Å².